The number of fused-ring (bicyclic) bond motifs is 1. The highest BCUT2D eigenvalue weighted by Gasteiger charge is 2.14. The Morgan fingerprint density at radius 1 is 1.32 bits per heavy atom. The second-order valence-electron chi connectivity index (χ2n) is 5.69. The van der Waals surface area contributed by atoms with Gasteiger partial charge in [-0.25, -0.2) is 0 Å². The van der Waals surface area contributed by atoms with Gasteiger partial charge < -0.3 is 14.1 Å². The molecule has 3 rings (SSSR count). The van der Waals surface area contributed by atoms with Crippen molar-refractivity contribution in [2.45, 2.75) is 33.2 Å². The molecule has 0 saturated heterocycles. The Labute approximate surface area is 145 Å². The van der Waals surface area contributed by atoms with E-state index in [1.165, 1.54) is 7.11 Å². The summed E-state index contributed by atoms with van der Waals surface area (Å²) in [6.45, 7) is 5.49. The predicted octanol–water partition coefficient (Wildman–Crippen LogP) is 2.16. The lowest BCUT2D eigenvalue weighted by Crippen LogP contribution is -2.24. The molecule has 0 radical (unpaired) electrons. The van der Waals surface area contributed by atoms with Crippen molar-refractivity contribution < 1.29 is 13.9 Å². The Hall–Kier alpha value is -2.90. The number of hydrogen-bond donors (Lipinski definition) is 0. The standard InChI is InChI=1S/C17H21N5O3/c1-4-21(11-13-12(2)9-10-25-13)16-6-5-14-18-19-15(22(14)20-16)7-8-17(23)24-3/h5-6,9-10H,4,7-8,11H2,1-3H3. The minimum absolute atomic E-state index is 0.242. The molecule has 0 aliphatic carbocycles. The van der Waals surface area contributed by atoms with Crippen molar-refractivity contribution in [3.63, 3.8) is 0 Å². The first-order valence-electron chi connectivity index (χ1n) is 8.18. The lowest BCUT2D eigenvalue weighted by atomic mass is 10.2. The molecule has 3 aromatic heterocycles. The average molecular weight is 343 g/mol. The lowest BCUT2D eigenvalue weighted by Gasteiger charge is -2.21. The molecule has 25 heavy (non-hydrogen) atoms. The van der Waals surface area contributed by atoms with Crippen molar-refractivity contribution in [1.82, 2.24) is 19.8 Å². The minimum Gasteiger partial charge on any atom is -0.469 e. The summed E-state index contributed by atoms with van der Waals surface area (Å²) in [6, 6.07) is 5.73. The van der Waals surface area contributed by atoms with Gasteiger partial charge in [-0.2, -0.15) is 4.52 Å². The van der Waals surface area contributed by atoms with Crippen LogP contribution in [0.1, 0.15) is 30.5 Å². The molecule has 0 spiro atoms. The van der Waals surface area contributed by atoms with E-state index in [-0.39, 0.29) is 12.4 Å². The first-order chi connectivity index (χ1) is 12.1. The minimum atomic E-state index is -0.281. The van der Waals surface area contributed by atoms with Crippen molar-refractivity contribution in [2.24, 2.45) is 0 Å². The van der Waals surface area contributed by atoms with Gasteiger partial charge in [-0.3, -0.25) is 4.79 Å². The molecule has 8 heteroatoms. The molecule has 8 nitrogen and oxygen atoms in total. The van der Waals surface area contributed by atoms with Gasteiger partial charge >= 0.3 is 5.97 Å². The van der Waals surface area contributed by atoms with E-state index in [1.54, 1.807) is 10.8 Å². The van der Waals surface area contributed by atoms with E-state index in [0.717, 1.165) is 23.7 Å². The van der Waals surface area contributed by atoms with Crippen LogP contribution in [0, 0.1) is 6.92 Å². The molecule has 0 bridgehead atoms. The van der Waals surface area contributed by atoms with Crippen LogP contribution in [0.25, 0.3) is 5.65 Å². The molecule has 0 aliphatic rings. The maximum atomic E-state index is 11.4. The number of methoxy groups -OCH3 is 1. The number of aryl methyl sites for hydroxylation is 2. The predicted molar refractivity (Wildman–Crippen MR) is 91.3 cm³/mol. The van der Waals surface area contributed by atoms with Crippen LogP contribution in [0.5, 0.6) is 0 Å². The van der Waals surface area contributed by atoms with Crippen LogP contribution in [-0.2, 0) is 22.5 Å². The quantitative estimate of drug-likeness (QED) is 0.608. The van der Waals surface area contributed by atoms with Crippen LogP contribution in [0.4, 0.5) is 5.82 Å². The van der Waals surface area contributed by atoms with Gasteiger partial charge in [0.05, 0.1) is 26.3 Å². The Morgan fingerprint density at radius 3 is 2.84 bits per heavy atom. The Kier molecular flexibility index (Phi) is 4.97. The van der Waals surface area contributed by atoms with Gasteiger partial charge in [-0.15, -0.1) is 15.3 Å². The number of esters is 1. The summed E-state index contributed by atoms with van der Waals surface area (Å²) in [5.74, 6) is 2.06. The van der Waals surface area contributed by atoms with Crippen LogP contribution in [0.15, 0.2) is 28.9 Å². The molecule has 0 saturated carbocycles. The number of ether oxygens (including phenoxy) is 1. The van der Waals surface area contributed by atoms with Crippen molar-refractivity contribution in [3.05, 3.63) is 41.6 Å². The molecule has 0 atom stereocenters. The summed E-state index contributed by atoms with van der Waals surface area (Å²) in [5.41, 5.74) is 1.76. The first kappa shape index (κ1) is 16.9. The maximum Gasteiger partial charge on any atom is 0.305 e. The number of rotatable bonds is 7. The van der Waals surface area contributed by atoms with E-state index in [9.17, 15) is 4.79 Å². The number of nitrogens with zero attached hydrogens (tertiary/aromatic N) is 5. The molecular weight excluding hydrogens is 322 g/mol. The zero-order valence-corrected chi connectivity index (χ0v) is 14.6. The molecule has 0 aromatic carbocycles. The SMILES string of the molecule is CCN(Cc1occc1C)c1ccc2nnc(CCC(=O)OC)n2n1. The molecule has 3 heterocycles. The van der Waals surface area contributed by atoms with E-state index in [1.807, 2.05) is 25.1 Å². The fraction of sp³-hybridized carbons (Fsp3) is 0.412. The molecule has 0 unspecified atom stereocenters. The van der Waals surface area contributed by atoms with Gasteiger partial charge in [-0.1, -0.05) is 0 Å². The van der Waals surface area contributed by atoms with E-state index in [2.05, 4.69) is 31.9 Å². The van der Waals surface area contributed by atoms with E-state index in [0.29, 0.717) is 24.4 Å². The van der Waals surface area contributed by atoms with Crippen LogP contribution < -0.4 is 4.90 Å². The normalized spacial score (nSPS) is 11.0. The zero-order valence-electron chi connectivity index (χ0n) is 14.6. The highest BCUT2D eigenvalue weighted by atomic mass is 16.5. The number of hydrogen-bond acceptors (Lipinski definition) is 7. The number of furan rings is 1. The highest BCUT2D eigenvalue weighted by Crippen LogP contribution is 2.18. The smallest absolute Gasteiger partial charge is 0.305 e. The Morgan fingerprint density at radius 2 is 2.16 bits per heavy atom. The van der Waals surface area contributed by atoms with E-state index in [4.69, 9.17) is 4.42 Å². The van der Waals surface area contributed by atoms with Gasteiger partial charge in [0.1, 0.15) is 11.6 Å². The van der Waals surface area contributed by atoms with Gasteiger partial charge in [0.15, 0.2) is 11.5 Å². The summed E-state index contributed by atoms with van der Waals surface area (Å²) < 4.78 is 11.9. The Bertz CT molecular complexity index is 870. The van der Waals surface area contributed by atoms with Crippen LogP contribution in [0.3, 0.4) is 0 Å². The molecule has 0 fully saturated rings. The fourth-order valence-electron chi connectivity index (χ4n) is 2.56. The van der Waals surface area contributed by atoms with Gasteiger partial charge in [0, 0.05) is 13.0 Å². The number of carbonyl (C=O) groups is 1. The van der Waals surface area contributed by atoms with Crippen LogP contribution in [-0.4, -0.2) is 39.4 Å². The van der Waals surface area contributed by atoms with Crippen molar-refractivity contribution in [1.29, 1.82) is 0 Å². The maximum absolute atomic E-state index is 11.4. The number of anilines is 1. The monoisotopic (exact) mass is 343 g/mol. The highest BCUT2D eigenvalue weighted by molar-refractivity contribution is 5.69. The first-order valence-corrected chi connectivity index (χ1v) is 8.18. The summed E-state index contributed by atoms with van der Waals surface area (Å²) in [5, 5.41) is 12.9. The van der Waals surface area contributed by atoms with Gasteiger partial charge in [0.2, 0.25) is 0 Å². The zero-order chi connectivity index (χ0) is 17.8. The molecule has 0 aliphatic heterocycles. The Balaban J connectivity index is 1.85. The second-order valence-corrected chi connectivity index (χ2v) is 5.69. The molecule has 3 aromatic rings. The van der Waals surface area contributed by atoms with E-state index >= 15 is 0 Å². The summed E-state index contributed by atoms with van der Waals surface area (Å²) in [6.07, 6.45) is 2.36. The average Bonchev–Trinajstić information content (AvgIpc) is 3.23. The number of carbonyl (C=O) groups excluding carboxylic acids is 1. The van der Waals surface area contributed by atoms with Gasteiger partial charge in [0.25, 0.3) is 0 Å². The molecule has 0 amide bonds. The van der Waals surface area contributed by atoms with E-state index < -0.39 is 0 Å². The second kappa shape index (κ2) is 7.33. The van der Waals surface area contributed by atoms with Crippen LogP contribution in [0.2, 0.25) is 0 Å². The van der Waals surface area contributed by atoms with Gasteiger partial charge in [-0.05, 0) is 37.6 Å². The largest absolute Gasteiger partial charge is 0.469 e. The number of aromatic nitrogens is 4. The summed E-state index contributed by atoms with van der Waals surface area (Å²) in [4.78, 5) is 13.5. The summed E-state index contributed by atoms with van der Waals surface area (Å²) in [7, 11) is 1.37. The van der Waals surface area contributed by atoms with Crippen LogP contribution >= 0.6 is 0 Å². The lowest BCUT2D eigenvalue weighted by molar-refractivity contribution is -0.140. The topological polar surface area (TPSA) is 85.8 Å². The summed E-state index contributed by atoms with van der Waals surface area (Å²) >= 11 is 0. The van der Waals surface area contributed by atoms with Crippen molar-refractivity contribution in [3.8, 4) is 0 Å². The third kappa shape index (κ3) is 3.62. The molecule has 132 valence electrons. The molecule has 0 N–H and O–H groups in total. The third-order valence-corrected chi connectivity index (χ3v) is 4.10. The fourth-order valence-corrected chi connectivity index (χ4v) is 2.56. The van der Waals surface area contributed by atoms with Crippen molar-refractivity contribution >= 4 is 17.4 Å². The van der Waals surface area contributed by atoms with Crippen molar-refractivity contribution in [2.75, 3.05) is 18.6 Å². The third-order valence-electron chi connectivity index (χ3n) is 4.10. The molecular formula is C17H21N5O3.